The van der Waals surface area contributed by atoms with Gasteiger partial charge in [0.2, 0.25) is 5.91 Å². The molecule has 104 valence electrons. The second kappa shape index (κ2) is 7.36. The van der Waals surface area contributed by atoms with E-state index in [9.17, 15) is 9.59 Å². The van der Waals surface area contributed by atoms with Crippen molar-refractivity contribution in [3.05, 3.63) is 0 Å². The van der Waals surface area contributed by atoms with Crippen LogP contribution in [0.3, 0.4) is 0 Å². The second-order valence-corrected chi connectivity index (χ2v) is 4.97. The number of piperidine rings is 1. The van der Waals surface area contributed by atoms with Crippen LogP contribution < -0.4 is 5.32 Å². The second-order valence-electron chi connectivity index (χ2n) is 4.97. The summed E-state index contributed by atoms with van der Waals surface area (Å²) in [7, 11) is 1.35. The van der Waals surface area contributed by atoms with Gasteiger partial charge >= 0.3 is 5.97 Å². The number of esters is 1. The highest BCUT2D eigenvalue weighted by Gasteiger charge is 2.29. The summed E-state index contributed by atoms with van der Waals surface area (Å²) in [4.78, 5) is 25.3. The number of nitrogens with zero attached hydrogens (tertiary/aromatic N) is 1. The number of amides is 1. The van der Waals surface area contributed by atoms with Gasteiger partial charge in [-0.2, -0.15) is 0 Å². The van der Waals surface area contributed by atoms with Crippen LogP contribution in [0.25, 0.3) is 0 Å². The standard InChI is InChI=1S/C13H24N2O3/c1-4-7-15(9-12(16)18-3)13(17)11-8-10(2)5-6-14-11/h10-11,14H,4-9H2,1-3H3. The smallest absolute Gasteiger partial charge is 0.325 e. The minimum atomic E-state index is -0.361. The topological polar surface area (TPSA) is 58.6 Å². The molecule has 2 unspecified atom stereocenters. The van der Waals surface area contributed by atoms with Crippen LogP contribution in [0.1, 0.15) is 33.1 Å². The van der Waals surface area contributed by atoms with Crippen LogP contribution in [0.4, 0.5) is 0 Å². The third-order valence-corrected chi connectivity index (χ3v) is 3.32. The first kappa shape index (κ1) is 15.0. The molecule has 0 aromatic carbocycles. The Morgan fingerprint density at radius 3 is 2.72 bits per heavy atom. The molecule has 1 N–H and O–H groups in total. The van der Waals surface area contributed by atoms with E-state index in [4.69, 9.17) is 0 Å². The lowest BCUT2D eigenvalue weighted by Gasteiger charge is -2.31. The first-order valence-electron chi connectivity index (χ1n) is 6.67. The van der Waals surface area contributed by atoms with Crippen molar-refractivity contribution in [2.24, 2.45) is 5.92 Å². The van der Waals surface area contributed by atoms with Gasteiger partial charge in [0, 0.05) is 6.54 Å². The number of ether oxygens (including phenoxy) is 1. The molecule has 1 amide bonds. The van der Waals surface area contributed by atoms with Gasteiger partial charge in [-0.05, 0) is 31.7 Å². The first-order valence-corrected chi connectivity index (χ1v) is 6.67. The fraction of sp³-hybridized carbons (Fsp3) is 0.846. The quantitative estimate of drug-likeness (QED) is 0.739. The fourth-order valence-electron chi connectivity index (χ4n) is 2.27. The van der Waals surface area contributed by atoms with Gasteiger partial charge in [0.25, 0.3) is 0 Å². The van der Waals surface area contributed by atoms with Crippen LogP contribution >= 0.6 is 0 Å². The lowest BCUT2D eigenvalue weighted by Crippen LogP contribution is -2.51. The summed E-state index contributed by atoms with van der Waals surface area (Å²) in [6.45, 7) is 5.67. The van der Waals surface area contributed by atoms with E-state index in [1.54, 1.807) is 4.90 Å². The lowest BCUT2D eigenvalue weighted by atomic mass is 9.93. The number of rotatable bonds is 5. The van der Waals surface area contributed by atoms with Gasteiger partial charge in [0.05, 0.1) is 13.2 Å². The minimum absolute atomic E-state index is 0.0220. The molecule has 0 radical (unpaired) electrons. The molecule has 1 aliphatic rings. The zero-order valence-electron chi connectivity index (χ0n) is 11.6. The zero-order valence-corrected chi connectivity index (χ0v) is 11.6. The summed E-state index contributed by atoms with van der Waals surface area (Å²) in [6, 6.07) is -0.148. The van der Waals surface area contributed by atoms with Gasteiger partial charge in [-0.3, -0.25) is 9.59 Å². The molecule has 0 bridgehead atoms. The fourth-order valence-corrected chi connectivity index (χ4v) is 2.27. The molecular formula is C13H24N2O3. The van der Waals surface area contributed by atoms with Crippen LogP contribution in [-0.4, -0.2) is 49.6 Å². The maximum absolute atomic E-state index is 12.3. The molecule has 1 saturated heterocycles. The van der Waals surface area contributed by atoms with E-state index in [2.05, 4.69) is 17.0 Å². The predicted octanol–water partition coefficient (Wildman–Crippen LogP) is 0.786. The monoisotopic (exact) mass is 256 g/mol. The van der Waals surface area contributed by atoms with E-state index in [0.29, 0.717) is 12.5 Å². The number of hydrogen-bond acceptors (Lipinski definition) is 4. The van der Waals surface area contributed by atoms with Gasteiger partial charge in [-0.15, -0.1) is 0 Å². The third kappa shape index (κ3) is 4.29. The molecule has 1 rings (SSSR count). The summed E-state index contributed by atoms with van der Waals surface area (Å²) in [6.07, 6.45) is 2.79. The van der Waals surface area contributed by atoms with E-state index >= 15 is 0 Å². The molecule has 2 atom stereocenters. The van der Waals surface area contributed by atoms with Crippen LogP contribution in [0.5, 0.6) is 0 Å². The molecule has 5 heteroatoms. The van der Waals surface area contributed by atoms with Gasteiger partial charge in [-0.1, -0.05) is 13.8 Å². The molecule has 0 aliphatic carbocycles. The number of carbonyl (C=O) groups excluding carboxylic acids is 2. The van der Waals surface area contributed by atoms with E-state index in [1.165, 1.54) is 7.11 Å². The number of hydrogen-bond donors (Lipinski definition) is 1. The van der Waals surface area contributed by atoms with Crippen LogP contribution in [0.2, 0.25) is 0 Å². The average Bonchev–Trinajstić information content (AvgIpc) is 2.37. The van der Waals surface area contributed by atoms with E-state index in [1.807, 2.05) is 6.92 Å². The molecule has 18 heavy (non-hydrogen) atoms. The van der Waals surface area contributed by atoms with Crippen molar-refractivity contribution in [3.8, 4) is 0 Å². The molecule has 0 saturated carbocycles. The zero-order chi connectivity index (χ0) is 13.5. The van der Waals surface area contributed by atoms with Crippen LogP contribution in [0.15, 0.2) is 0 Å². The lowest BCUT2D eigenvalue weighted by molar-refractivity contribution is -0.148. The molecular weight excluding hydrogens is 232 g/mol. The van der Waals surface area contributed by atoms with E-state index < -0.39 is 0 Å². The number of methoxy groups -OCH3 is 1. The summed E-state index contributed by atoms with van der Waals surface area (Å²) < 4.78 is 4.63. The maximum Gasteiger partial charge on any atom is 0.325 e. The summed E-state index contributed by atoms with van der Waals surface area (Å²) in [5.74, 6) is 0.219. The van der Waals surface area contributed by atoms with Gasteiger partial charge in [-0.25, -0.2) is 0 Å². The molecule has 0 aromatic rings. The van der Waals surface area contributed by atoms with Gasteiger partial charge in [0.15, 0.2) is 0 Å². The Kier molecular flexibility index (Phi) is 6.12. The summed E-state index contributed by atoms with van der Waals surface area (Å²) >= 11 is 0. The normalized spacial score (nSPS) is 23.5. The Morgan fingerprint density at radius 1 is 1.44 bits per heavy atom. The highest BCUT2D eigenvalue weighted by Crippen LogP contribution is 2.16. The highest BCUT2D eigenvalue weighted by molar-refractivity contribution is 5.85. The van der Waals surface area contributed by atoms with E-state index in [0.717, 1.165) is 25.8 Å². The molecule has 0 aromatic heterocycles. The molecule has 0 spiro atoms. The summed E-state index contributed by atoms with van der Waals surface area (Å²) in [5.41, 5.74) is 0. The highest BCUT2D eigenvalue weighted by atomic mass is 16.5. The minimum Gasteiger partial charge on any atom is -0.468 e. The van der Waals surface area contributed by atoms with Gasteiger partial charge in [0.1, 0.15) is 6.54 Å². The molecule has 1 heterocycles. The average molecular weight is 256 g/mol. The first-order chi connectivity index (χ1) is 8.58. The summed E-state index contributed by atoms with van der Waals surface area (Å²) in [5, 5.41) is 3.24. The molecule has 1 aliphatic heterocycles. The van der Waals surface area contributed by atoms with Crippen molar-refractivity contribution in [1.82, 2.24) is 10.2 Å². The molecule has 5 nitrogen and oxygen atoms in total. The van der Waals surface area contributed by atoms with E-state index in [-0.39, 0.29) is 24.5 Å². The predicted molar refractivity (Wildman–Crippen MR) is 69.1 cm³/mol. The maximum atomic E-state index is 12.3. The molecule has 1 fully saturated rings. The Balaban J connectivity index is 2.60. The van der Waals surface area contributed by atoms with Crippen molar-refractivity contribution in [1.29, 1.82) is 0 Å². The van der Waals surface area contributed by atoms with Crippen molar-refractivity contribution in [3.63, 3.8) is 0 Å². The van der Waals surface area contributed by atoms with Crippen LogP contribution in [-0.2, 0) is 14.3 Å². The Morgan fingerprint density at radius 2 is 2.17 bits per heavy atom. The van der Waals surface area contributed by atoms with Gasteiger partial charge < -0.3 is 15.0 Å². The van der Waals surface area contributed by atoms with Crippen molar-refractivity contribution >= 4 is 11.9 Å². The number of nitrogens with one attached hydrogen (secondary N) is 1. The Hall–Kier alpha value is -1.10. The van der Waals surface area contributed by atoms with Crippen molar-refractivity contribution in [2.45, 2.75) is 39.2 Å². The largest absolute Gasteiger partial charge is 0.468 e. The Bertz CT molecular complexity index is 294. The van der Waals surface area contributed by atoms with Crippen molar-refractivity contribution in [2.75, 3.05) is 26.7 Å². The number of carbonyl (C=O) groups is 2. The van der Waals surface area contributed by atoms with Crippen LogP contribution in [0, 0.1) is 5.92 Å². The SMILES string of the molecule is CCCN(CC(=O)OC)C(=O)C1CC(C)CCN1. The van der Waals surface area contributed by atoms with Crippen molar-refractivity contribution < 1.29 is 14.3 Å². The Labute approximate surface area is 109 Å². The third-order valence-electron chi connectivity index (χ3n) is 3.32.